The Kier molecular flexibility index (Phi) is 9.41. The van der Waals surface area contributed by atoms with Gasteiger partial charge in [-0.2, -0.15) is 8.42 Å². The Morgan fingerprint density at radius 3 is 2.24 bits per heavy atom. The standard InChI is InChI=1S/C20H26O7S2/c1-16-6-8-19(9-7-16)29(23,24)27-13-12-25-10-11-26-15-20(28(21)22)18-5-3-4-17(2)14-18/h3-9,14,20H,10-13,15H2,1-2H3,(H,21,22)/p-1. The van der Waals surface area contributed by atoms with Gasteiger partial charge in [0.2, 0.25) is 0 Å². The molecule has 160 valence electrons. The van der Waals surface area contributed by atoms with E-state index in [-0.39, 0.29) is 37.9 Å². The molecular formula is C20H25O7S2-. The molecule has 0 N–H and O–H groups in total. The number of hydrogen-bond donors (Lipinski definition) is 0. The first-order valence-corrected chi connectivity index (χ1v) is 11.6. The van der Waals surface area contributed by atoms with Gasteiger partial charge in [-0.15, -0.1) is 0 Å². The second-order valence-electron chi connectivity index (χ2n) is 6.44. The van der Waals surface area contributed by atoms with Crippen molar-refractivity contribution in [3.8, 4) is 0 Å². The molecular weight excluding hydrogens is 416 g/mol. The minimum Gasteiger partial charge on any atom is -0.772 e. The molecule has 0 bridgehead atoms. The molecule has 2 atom stereocenters. The van der Waals surface area contributed by atoms with Crippen LogP contribution in [0.25, 0.3) is 0 Å². The van der Waals surface area contributed by atoms with Crippen molar-refractivity contribution >= 4 is 21.2 Å². The molecule has 0 radical (unpaired) electrons. The maximum absolute atomic E-state index is 12.0. The Labute approximate surface area is 174 Å². The first kappa shape index (κ1) is 23.7. The van der Waals surface area contributed by atoms with Crippen LogP contribution in [0.4, 0.5) is 0 Å². The van der Waals surface area contributed by atoms with E-state index in [0.29, 0.717) is 5.56 Å². The molecule has 0 fully saturated rings. The summed E-state index contributed by atoms with van der Waals surface area (Å²) >= 11 is -2.31. The number of ether oxygens (including phenoxy) is 2. The maximum Gasteiger partial charge on any atom is 0.297 e. The Morgan fingerprint density at radius 2 is 1.59 bits per heavy atom. The van der Waals surface area contributed by atoms with Gasteiger partial charge in [0.15, 0.2) is 0 Å². The molecule has 0 aliphatic carbocycles. The number of benzene rings is 2. The number of aryl methyl sites for hydroxylation is 2. The van der Waals surface area contributed by atoms with Crippen LogP contribution in [0.1, 0.15) is 21.9 Å². The highest BCUT2D eigenvalue weighted by Gasteiger charge is 2.15. The van der Waals surface area contributed by atoms with Crippen molar-refractivity contribution in [3.05, 3.63) is 65.2 Å². The lowest BCUT2D eigenvalue weighted by Gasteiger charge is -2.20. The number of hydrogen-bond acceptors (Lipinski definition) is 7. The molecule has 2 unspecified atom stereocenters. The van der Waals surface area contributed by atoms with E-state index in [4.69, 9.17) is 13.7 Å². The molecule has 2 aromatic rings. The molecule has 9 heteroatoms. The first-order valence-electron chi connectivity index (χ1n) is 9.06. The fourth-order valence-corrected chi connectivity index (χ4v) is 3.99. The summed E-state index contributed by atoms with van der Waals surface area (Å²) in [5.74, 6) is 0. The zero-order valence-corrected chi connectivity index (χ0v) is 18.0. The highest BCUT2D eigenvalue weighted by Crippen LogP contribution is 2.20. The molecule has 0 aliphatic heterocycles. The zero-order chi connectivity index (χ0) is 21.3. The SMILES string of the molecule is Cc1ccc(S(=O)(=O)OCCOCCOCC(c2cccc(C)c2)S(=O)[O-])cc1. The van der Waals surface area contributed by atoms with Crippen LogP contribution in [0.2, 0.25) is 0 Å². The first-order chi connectivity index (χ1) is 13.8. The molecule has 2 rings (SSSR count). The van der Waals surface area contributed by atoms with Gasteiger partial charge in [0.05, 0.1) is 43.2 Å². The van der Waals surface area contributed by atoms with Gasteiger partial charge >= 0.3 is 0 Å². The molecule has 0 amide bonds. The second kappa shape index (κ2) is 11.5. The summed E-state index contributed by atoms with van der Waals surface area (Å²) in [5, 5.41) is -0.752. The van der Waals surface area contributed by atoms with Gasteiger partial charge < -0.3 is 14.0 Å². The highest BCUT2D eigenvalue weighted by atomic mass is 32.2. The van der Waals surface area contributed by atoms with E-state index < -0.39 is 26.4 Å². The van der Waals surface area contributed by atoms with Gasteiger partial charge in [-0.25, -0.2) is 0 Å². The van der Waals surface area contributed by atoms with Crippen molar-refractivity contribution in [1.29, 1.82) is 0 Å². The molecule has 0 aliphatic rings. The Morgan fingerprint density at radius 1 is 0.931 bits per heavy atom. The molecule has 0 aromatic heterocycles. The third-order valence-electron chi connectivity index (χ3n) is 4.06. The van der Waals surface area contributed by atoms with Crippen LogP contribution in [0.5, 0.6) is 0 Å². The van der Waals surface area contributed by atoms with E-state index in [1.54, 1.807) is 24.3 Å². The van der Waals surface area contributed by atoms with E-state index in [2.05, 4.69) is 0 Å². The summed E-state index contributed by atoms with van der Waals surface area (Å²) in [6.45, 7) is 4.11. The van der Waals surface area contributed by atoms with Crippen LogP contribution >= 0.6 is 0 Å². The zero-order valence-electron chi connectivity index (χ0n) is 16.4. The Hall–Kier alpha value is -1.62. The highest BCUT2D eigenvalue weighted by molar-refractivity contribution is 7.86. The molecule has 7 nitrogen and oxygen atoms in total. The average Bonchev–Trinajstić information content (AvgIpc) is 2.66. The van der Waals surface area contributed by atoms with E-state index in [1.165, 1.54) is 12.1 Å². The third-order valence-corrected chi connectivity index (χ3v) is 6.26. The van der Waals surface area contributed by atoms with Crippen molar-refractivity contribution in [2.75, 3.05) is 33.0 Å². The van der Waals surface area contributed by atoms with Crippen LogP contribution in [-0.2, 0) is 34.9 Å². The van der Waals surface area contributed by atoms with Crippen LogP contribution in [-0.4, -0.2) is 50.2 Å². The van der Waals surface area contributed by atoms with Gasteiger partial charge in [-0.05, 0) is 42.6 Å². The van der Waals surface area contributed by atoms with Crippen molar-refractivity contribution in [2.24, 2.45) is 0 Å². The van der Waals surface area contributed by atoms with E-state index in [0.717, 1.165) is 11.1 Å². The van der Waals surface area contributed by atoms with Crippen LogP contribution in [0.3, 0.4) is 0 Å². The fourth-order valence-electron chi connectivity index (χ4n) is 2.52. The lowest BCUT2D eigenvalue weighted by molar-refractivity contribution is 0.0369. The Bertz CT molecular complexity index is 895. The predicted molar refractivity (Wildman–Crippen MR) is 109 cm³/mol. The summed E-state index contributed by atoms with van der Waals surface area (Å²) < 4.78 is 62.6. The molecule has 0 saturated carbocycles. The van der Waals surface area contributed by atoms with E-state index >= 15 is 0 Å². The molecule has 0 heterocycles. The van der Waals surface area contributed by atoms with Crippen LogP contribution < -0.4 is 0 Å². The van der Waals surface area contributed by atoms with E-state index in [9.17, 15) is 17.2 Å². The summed E-state index contributed by atoms with van der Waals surface area (Å²) in [7, 11) is -3.81. The smallest absolute Gasteiger partial charge is 0.297 e. The Balaban J connectivity index is 1.65. The summed E-state index contributed by atoms with van der Waals surface area (Å²) in [4.78, 5) is 0.0965. The molecule has 2 aromatic carbocycles. The quantitative estimate of drug-likeness (QED) is 0.283. The summed E-state index contributed by atoms with van der Waals surface area (Å²) in [5.41, 5.74) is 2.61. The number of rotatable bonds is 12. The van der Waals surface area contributed by atoms with Crippen molar-refractivity contribution in [1.82, 2.24) is 0 Å². The molecule has 29 heavy (non-hydrogen) atoms. The fraction of sp³-hybridized carbons (Fsp3) is 0.400. The van der Waals surface area contributed by atoms with Gasteiger partial charge in [0, 0.05) is 0 Å². The summed E-state index contributed by atoms with van der Waals surface area (Å²) in [6.07, 6.45) is 0. The monoisotopic (exact) mass is 441 g/mol. The van der Waals surface area contributed by atoms with Gasteiger partial charge in [-0.3, -0.25) is 8.39 Å². The van der Waals surface area contributed by atoms with Crippen molar-refractivity contribution in [3.63, 3.8) is 0 Å². The van der Waals surface area contributed by atoms with Gasteiger partial charge in [0.1, 0.15) is 0 Å². The second-order valence-corrected chi connectivity index (χ2v) is 9.15. The third kappa shape index (κ3) is 7.96. The van der Waals surface area contributed by atoms with Crippen LogP contribution in [0, 0.1) is 13.8 Å². The minimum absolute atomic E-state index is 0.0151. The largest absolute Gasteiger partial charge is 0.772 e. The predicted octanol–water partition coefficient (Wildman–Crippen LogP) is 2.66. The normalized spacial score (nSPS) is 13.9. The van der Waals surface area contributed by atoms with Gasteiger partial charge in [0.25, 0.3) is 10.1 Å². The maximum atomic E-state index is 12.0. The topological polar surface area (TPSA) is 102 Å². The van der Waals surface area contributed by atoms with E-state index in [1.807, 2.05) is 26.0 Å². The van der Waals surface area contributed by atoms with Crippen molar-refractivity contribution in [2.45, 2.75) is 24.0 Å². The lowest BCUT2D eigenvalue weighted by atomic mass is 10.1. The van der Waals surface area contributed by atoms with Crippen molar-refractivity contribution < 1.29 is 30.8 Å². The summed E-state index contributed by atoms with van der Waals surface area (Å²) in [6, 6.07) is 13.6. The molecule has 0 saturated heterocycles. The van der Waals surface area contributed by atoms with Crippen LogP contribution in [0.15, 0.2) is 53.4 Å². The lowest BCUT2D eigenvalue weighted by Crippen LogP contribution is -2.17. The minimum atomic E-state index is -3.81. The average molecular weight is 442 g/mol. The van der Waals surface area contributed by atoms with Gasteiger partial charge in [-0.1, -0.05) is 47.5 Å². The molecule has 0 spiro atoms.